The second-order valence-electron chi connectivity index (χ2n) is 6.15. The number of non-ortho nitro benzene ring substituents is 1. The van der Waals surface area contributed by atoms with Crippen molar-refractivity contribution < 1.29 is 9.72 Å². The molecule has 27 heavy (non-hydrogen) atoms. The van der Waals surface area contributed by atoms with Gasteiger partial charge >= 0.3 is 0 Å². The lowest BCUT2D eigenvalue weighted by molar-refractivity contribution is -0.384. The van der Waals surface area contributed by atoms with Gasteiger partial charge in [0.25, 0.3) is 11.6 Å². The molecule has 0 aliphatic rings. The van der Waals surface area contributed by atoms with Crippen LogP contribution in [0.5, 0.6) is 0 Å². The molecule has 6 heteroatoms. The van der Waals surface area contributed by atoms with Crippen molar-refractivity contribution in [2.24, 2.45) is 0 Å². The molecule has 0 aliphatic heterocycles. The molecule has 3 aromatic carbocycles. The molecular formula is C21H18N2O3S. The zero-order chi connectivity index (χ0) is 19.4. The number of carbonyl (C=O) groups excluding carboxylic acids is 1. The smallest absolute Gasteiger partial charge is 0.269 e. The van der Waals surface area contributed by atoms with Crippen molar-refractivity contribution >= 4 is 29.0 Å². The molecule has 0 spiro atoms. The lowest BCUT2D eigenvalue weighted by Gasteiger charge is -2.09. The Bertz CT molecular complexity index is 983. The molecule has 0 bridgehead atoms. The van der Waals surface area contributed by atoms with Crippen LogP contribution in [0.1, 0.15) is 21.5 Å². The number of nitrogens with zero attached hydrogens (tertiary/aromatic N) is 1. The normalized spacial score (nSPS) is 10.4. The van der Waals surface area contributed by atoms with Gasteiger partial charge in [0, 0.05) is 33.2 Å². The maximum absolute atomic E-state index is 12.3. The number of carbonyl (C=O) groups is 1. The Labute approximate surface area is 161 Å². The van der Waals surface area contributed by atoms with E-state index in [1.807, 2.05) is 24.3 Å². The first-order valence-electron chi connectivity index (χ1n) is 8.33. The maximum Gasteiger partial charge on any atom is 0.269 e. The highest BCUT2D eigenvalue weighted by atomic mass is 32.2. The molecule has 0 radical (unpaired) electrons. The van der Waals surface area contributed by atoms with Gasteiger partial charge in [-0.3, -0.25) is 14.9 Å². The monoisotopic (exact) mass is 378 g/mol. The van der Waals surface area contributed by atoms with E-state index in [0.29, 0.717) is 11.3 Å². The van der Waals surface area contributed by atoms with Crippen LogP contribution >= 0.6 is 11.8 Å². The third-order valence-corrected chi connectivity index (χ3v) is 5.19. The largest absolute Gasteiger partial charge is 0.322 e. The average molecular weight is 378 g/mol. The van der Waals surface area contributed by atoms with Crippen LogP contribution in [0.15, 0.2) is 76.5 Å². The van der Waals surface area contributed by atoms with Gasteiger partial charge in [-0.2, -0.15) is 0 Å². The average Bonchev–Trinajstić information content (AvgIpc) is 2.66. The summed E-state index contributed by atoms with van der Waals surface area (Å²) in [5, 5.41) is 13.5. The summed E-state index contributed by atoms with van der Waals surface area (Å²) in [6, 6.07) is 19.5. The van der Waals surface area contributed by atoms with Gasteiger partial charge in [0.2, 0.25) is 0 Å². The van der Waals surface area contributed by atoms with E-state index in [2.05, 4.69) is 37.4 Å². The first-order valence-corrected chi connectivity index (χ1v) is 9.15. The maximum atomic E-state index is 12.3. The van der Waals surface area contributed by atoms with Crippen molar-refractivity contribution in [2.75, 3.05) is 5.32 Å². The number of rotatable bonds is 5. The topological polar surface area (TPSA) is 72.2 Å². The van der Waals surface area contributed by atoms with Crippen LogP contribution < -0.4 is 5.32 Å². The third-order valence-electron chi connectivity index (χ3n) is 4.02. The highest BCUT2D eigenvalue weighted by molar-refractivity contribution is 7.99. The molecule has 0 atom stereocenters. The first kappa shape index (κ1) is 18.7. The summed E-state index contributed by atoms with van der Waals surface area (Å²) in [6.45, 7) is 4.15. The van der Waals surface area contributed by atoms with E-state index in [1.54, 1.807) is 11.8 Å². The number of nitrogens with one attached hydrogen (secondary N) is 1. The SMILES string of the molecule is Cc1ccc(C)c(Sc2ccc(NC(=O)c3ccc([N+](=O)[O-])cc3)cc2)c1. The zero-order valence-corrected chi connectivity index (χ0v) is 15.7. The van der Waals surface area contributed by atoms with Gasteiger partial charge < -0.3 is 5.32 Å². The van der Waals surface area contributed by atoms with Crippen molar-refractivity contribution in [3.05, 3.63) is 93.5 Å². The van der Waals surface area contributed by atoms with Crippen LogP contribution in [0.2, 0.25) is 0 Å². The standard InChI is InChI=1S/C21H18N2O3S/c1-14-3-4-15(2)20(13-14)27-19-11-7-17(8-12-19)22-21(24)16-5-9-18(10-6-16)23(25)26/h3-13H,1-2H3,(H,22,24). The fourth-order valence-electron chi connectivity index (χ4n) is 2.49. The molecule has 0 aliphatic carbocycles. The number of anilines is 1. The van der Waals surface area contributed by atoms with Crippen molar-refractivity contribution in [3.8, 4) is 0 Å². The van der Waals surface area contributed by atoms with Gasteiger partial charge in [0.15, 0.2) is 0 Å². The van der Waals surface area contributed by atoms with Gasteiger partial charge in [-0.15, -0.1) is 0 Å². The summed E-state index contributed by atoms with van der Waals surface area (Å²) in [5.41, 5.74) is 3.44. The number of amides is 1. The second kappa shape index (κ2) is 8.05. The molecule has 1 amide bonds. The second-order valence-corrected chi connectivity index (χ2v) is 7.27. The van der Waals surface area contributed by atoms with Crippen molar-refractivity contribution in [2.45, 2.75) is 23.6 Å². The van der Waals surface area contributed by atoms with Crippen LogP contribution in [0.4, 0.5) is 11.4 Å². The van der Waals surface area contributed by atoms with Crippen LogP contribution in [-0.4, -0.2) is 10.8 Å². The summed E-state index contributed by atoms with van der Waals surface area (Å²) in [4.78, 5) is 24.7. The Hall–Kier alpha value is -3.12. The molecule has 3 aromatic rings. The predicted octanol–water partition coefficient (Wildman–Crippen LogP) is 5.62. The van der Waals surface area contributed by atoms with Crippen LogP contribution in [0, 0.1) is 24.0 Å². The minimum absolute atomic E-state index is 0.0423. The lowest BCUT2D eigenvalue weighted by atomic mass is 10.2. The Morgan fingerprint density at radius 2 is 1.63 bits per heavy atom. The molecule has 0 fully saturated rings. The molecule has 0 heterocycles. The minimum atomic E-state index is -0.492. The summed E-state index contributed by atoms with van der Waals surface area (Å²) >= 11 is 1.68. The van der Waals surface area contributed by atoms with E-state index in [9.17, 15) is 14.9 Å². The summed E-state index contributed by atoms with van der Waals surface area (Å²) < 4.78 is 0. The fraction of sp³-hybridized carbons (Fsp3) is 0.0952. The van der Waals surface area contributed by atoms with Gasteiger partial charge in [0.05, 0.1) is 4.92 Å². The van der Waals surface area contributed by atoms with E-state index in [1.165, 1.54) is 40.3 Å². The molecule has 0 saturated heterocycles. The summed E-state index contributed by atoms with van der Waals surface area (Å²) in [5.74, 6) is -0.306. The van der Waals surface area contributed by atoms with Crippen molar-refractivity contribution in [1.29, 1.82) is 0 Å². The summed E-state index contributed by atoms with van der Waals surface area (Å²) in [7, 11) is 0. The molecular weight excluding hydrogens is 360 g/mol. The van der Waals surface area contributed by atoms with Crippen molar-refractivity contribution in [1.82, 2.24) is 0 Å². The highest BCUT2D eigenvalue weighted by Gasteiger charge is 2.10. The quantitative estimate of drug-likeness (QED) is 0.462. The third kappa shape index (κ3) is 4.74. The number of hydrogen-bond acceptors (Lipinski definition) is 4. The Balaban J connectivity index is 1.67. The number of aryl methyl sites for hydroxylation is 2. The van der Waals surface area contributed by atoms with Gasteiger partial charge in [-0.05, 0) is 67.4 Å². The Morgan fingerprint density at radius 3 is 2.26 bits per heavy atom. The molecule has 136 valence electrons. The van der Waals surface area contributed by atoms with E-state index in [0.717, 1.165) is 4.90 Å². The van der Waals surface area contributed by atoms with Crippen LogP contribution in [0.3, 0.4) is 0 Å². The molecule has 5 nitrogen and oxygen atoms in total. The van der Waals surface area contributed by atoms with Crippen molar-refractivity contribution in [3.63, 3.8) is 0 Å². The van der Waals surface area contributed by atoms with Crippen LogP contribution in [0.25, 0.3) is 0 Å². The molecule has 0 unspecified atom stereocenters. The van der Waals surface area contributed by atoms with Gasteiger partial charge in [-0.25, -0.2) is 0 Å². The number of hydrogen-bond donors (Lipinski definition) is 1. The summed E-state index contributed by atoms with van der Waals surface area (Å²) in [6.07, 6.45) is 0. The number of nitro benzene ring substituents is 1. The molecule has 3 rings (SSSR count). The van der Waals surface area contributed by atoms with Gasteiger partial charge in [-0.1, -0.05) is 23.9 Å². The highest BCUT2D eigenvalue weighted by Crippen LogP contribution is 2.31. The lowest BCUT2D eigenvalue weighted by Crippen LogP contribution is -2.11. The zero-order valence-electron chi connectivity index (χ0n) is 14.9. The van der Waals surface area contributed by atoms with Gasteiger partial charge in [0.1, 0.15) is 0 Å². The number of nitro groups is 1. The molecule has 0 saturated carbocycles. The first-order chi connectivity index (χ1) is 12.9. The fourth-order valence-corrected chi connectivity index (χ4v) is 3.49. The Morgan fingerprint density at radius 1 is 0.963 bits per heavy atom. The molecule has 0 aromatic heterocycles. The minimum Gasteiger partial charge on any atom is -0.322 e. The van der Waals surface area contributed by atoms with Crippen LogP contribution in [-0.2, 0) is 0 Å². The van der Waals surface area contributed by atoms with E-state index in [-0.39, 0.29) is 11.6 Å². The predicted molar refractivity (Wildman–Crippen MR) is 108 cm³/mol. The number of benzene rings is 3. The Kier molecular flexibility index (Phi) is 5.57. The van der Waals surface area contributed by atoms with E-state index in [4.69, 9.17) is 0 Å². The molecule has 1 N–H and O–H groups in total. The van der Waals surface area contributed by atoms with E-state index < -0.39 is 4.92 Å². The van der Waals surface area contributed by atoms with E-state index >= 15 is 0 Å².